The maximum Gasteiger partial charge on any atom is 0.242 e. The van der Waals surface area contributed by atoms with Gasteiger partial charge >= 0.3 is 0 Å². The summed E-state index contributed by atoms with van der Waals surface area (Å²) >= 11 is 2.04. The Morgan fingerprint density at radius 2 is 2.15 bits per heavy atom. The zero-order valence-corrected chi connectivity index (χ0v) is 10.3. The van der Waals surface area contributed by atoms with Crippen molar-refractivity contribution in [1.29, 1.82) is 0 Å². The number of hydrogen-bond acceptors (Lipinski definition) is 2. The highest BCUT2D eigenvalue weighted by Crippen LogP contribution is 2.30. The Bertz CT molecular complexity index is 248. The third-order valence-electron chi connectivity index (χ3n) is 2.37. The number of imide groups is 1. The maximum absolute atomic E-state index is 11.7. The smallest absolute Gasteiger partial charge is 0.242 e. The third-order valence-corrected chi connectivity index (χ3v) is 2.90. The van der Waals surface area contributed by atoms with Crippen LogP contribution < -0.4 is 0 Å². The van der Waals surface area contributed by atoms with E-state index in [-0.39, 0.29) is 21.3 Å². The van der Waals surface area contributed by atoms with Crippen LogP contribution in [0.4, 0.5) is 0 Å². The van der Waals surface area contributed by atoms with Crippen LogP contribution in [0.1, 0.15) is 33.6 Å². The fourth-order valence-electron chi connectivity index (χ4n) is 1.57. The number of carbonyl (C=O) groups is 2. The highest BCUT2D eigenvalue weighted by Gasteiger charge is 2.42. The number of hydrogen-bond donors (Lipinski definition) is 0. The summed E-state index contributed by atoms with van der Waals surface area (Å²) in [6.07, 6.45) is 1.28. The number of nitrogens with zero attached hydrogens (tertiary/aromatic N) is 1. The van der Waals surface area contributed by atoms with Gasteiger partial charge in [-0.05, 0) is 27.2 Å². The predicted molar refractivity (Wildman–Crippen MR) is 58.6 cm³/mol. The Morgan fingerprint density at radius 1 is 1.62 bits per heavy atom. The minimum absolute atomic E-state index is 0.0292. The van der Waals surface area contributed by atoms with E-state index in [9.17, 15) is 9.59 Å². The highest BCUT2D eigenvalue weighted by atomic mass is 127. The van der Waals surface area contributed by atoms with Crippen LogP contribution in [0.3, 0.4) is 0 Å². The van der Waals surface area contributed by atoms with Crippen molar-refractivity contribution in [2.45, 2.75) is 43.1 Å². The van der Waals surface area contributed by atoms with E-state index in [0.717, 1.165) is 6.42 Å². The molecule has 3 nitrogen and oxygen atoms in total. The van der Waals surface area contributed by atoms with Crippen LogP contribution in [-0.4, -0.2) is 26.2 Å². The number of halogens is 1. The Morgan fingerprint density at radius 3 is 2.46 bits per heavy atom. The molecule has 0 saturated carbocycles. The molecule has 1 heterocycles. The molecule has 0 aromatic rings. The first-order chi connectivity index (χ1) is 5.86. The molecule has 0 aromatic heterocycles. The monoisotopic (exact) mass is 295 g/mol. The highest BCUT2D eigenvalue weighted by molar-refractivity contribution is 14.1. The van der Waals surface area contributed by atoms with Crippen molar-refractivity contribution in [2.75, 3.05) is 0 Å². The van der Waals surface area contributed by atoms with Crippen molar-refractivity contribution >= 4 is 34.4 Å². The molecule has 0 bridgehead atoms. The molecule has 0 N–H and O–H groups in total. The van der Waals surface area contributed by atoms with Crippen LogP contribution in [0.2, 0.25) is 0 Å². The summed E-state index contributed by atoms with van der Waals surface area (Å²) in [6, 6.07) is 0. The largest absolute Gasteiger partial charge is 0.276 e. The average Bonchev–Trinajstić information content (AvgIpc) is 2.25. The van der Waals surface area contributed by atoms with Gasteiger partial charge in [0.05, 0.1) is 3.92 Å². The second-order valence-corrected chi connectivity index (χ2v) is 5.86. The van der Waals surface area contributed by atoms with E-state index in [1.165, 1.54) is 4.90 Å². The summed E-state index contributed by atoms with van der Waals surface area (Å²) in [7, 11) is 0. The Hall–Kier alpha value is -0.130. The number of alkyl halides is 1. The molecule has 1 atom stereocenters. The van der Waals surface area contributed by atoms with Crippen LogP contribution in [0.15, 0.2) is 0 Å². The van der Waals surface area contributed by atoms with E-state index in [2.05, 4.69) is 0 Å². The summed E-state index contributed by atoms with van der Waals surface area (Å²) in [4.78, 5) is 24.5. The van der Waals surface area contributed by atoms with Crippen LogP contribution >= 0.6 is 22.6 Å². The molecule has 0 aliphatic carbocycles. The Balaban J connectivity index is 2.88. The molecule has 1 rings (SSSR count). The molecule has 1 saturated heterocycles. The average molecular weight is 295 g/mol. The molecule has 13 heavy (non-hydrogen) atoms. The summed E-state index contributed by atoms with van der Waals surface area (Å²) in [5.74, 6) is -0.0911. The molecular formula is C9H14INO2. The summed E-state index contributed by atoms with van der Waals surface area (Å²) in [5.41, 5.74) is -0.284. The summed E-state index contributed by atoms with van der Waals surface area (Å²) < 4.78 is -0.126. The van der Waals surface area contributed by atoms with Crippen LogP contribution in [0.5, 0.6) is 0 Å². The quantitative estimate of drug-likeness (QED) is 0.546. The van der Waals surface area contributed by atoms with Crippen molar-refractivity contribution in [3.8, 4) is 0 Å². The van der Waals surface area contributed by atoms with Crippen molar-refractivity contribution < 1.29 is 9.59 Å². The number of amides is 2. The van der Waals surface area contributed by atoms with E-state index in [1.807, 2.05) is 43.4 Å². The van der Waals surface area contributed by atoms with Gasteiger partial charge in [-0.2, -0.15) is 0 Å². The standard InChI is InChI=1S/C9H14INO2/c1-6(10)8(13)11-7(12)4-5-9(11,2)3/h6H,4-5H2,1-3H3. The molecule has 1 fully saturated rings. The predicted octanol–water partition coefficient (Wildman–Crippen LogP) is 1.74. The van der Waals surface area contributed by atoms with Crippen LogP contribution in [0.25, 0.3) is 0 Å². The first-order valence-electron chi connectivity index (χ1n) is 4.37. The van der Waals surface area contributed by atoms with Gasteiger partial charge in [0.25, 0.3) is 0 Å². The maximum atomic E-state index is 11.7. The molecule has 4 heteroatoms. The van der Waals surface area contributed by atoms with Gasteiger partial charge in [-0.15, -0.1) is 0 Å². The van der Waals surface area contributed by atoms with Crippen LogP contribution in [-0.2, 0) is 9.59 Å². The first kappa shape index (κ1) is 10.9. The molecule has 0 spiro atoms. The molecule has 1 aliphatic rings. The van der Waals surface area contributed by atoms with E-state index in [4.69, 9.17) is 0 Å². The van der Waals surface area contributed by atoms with E-state index in [0.29, 0.717) is 6.42 Å². The van der Waals surface area contributed by atoms with E-state index in [1.54, 1.807) is 0 Å². The van der Waals surface area contributed by atoms with Crippen LogP contribution in [0, 0.1) is 0 Å². The van der Waals surface area contributed by atoms with Gasteiger partial charge < -0.3 is 0 Å². The second kappa shape index (κ2) is 3.55. The Labute approximate surface area is 92.0 Å². The Kier molecular flexibility index (Phi) is 2.99. The lowest BCUT2D eigenvalue weighted by Crippen LogP contribution is -2.47. The minimum Gasteiger partial charge on any atom is -0.276 e. The second-order valence-electron chi connectivity index (χ2n) is 4.00. The van der Waals surface area contributed by atoms with Crippen molar-refractivity contribution in [1.82, 2.24) is 4.90 Å². The van der Waals surface area contributed by atoms with Gasteiger partial charge in [0, 0.05) is 12.0 Å². The number of likely N-dealkylation sites (tertiary alicyclic amines) is 1. The molecule has 0 aromatic carbocycles. The molecule has 1 aliphatic heterocycles. The lowest BCUT2D eigenvalue weighted by molar-refractivity contribution is -0.145. The van der Waals surface area contributed by atoms with E-state index < -0.39 is 0 Å². The molecular weight excluding hydrogens is 281 g/mol. The normalized spacial score (nSPS) is 23.4. The topological polar surface area (TPSA) is 37.4 Å². The zero-order chi connectivity index (χ0) is 10.2. The molecule has 74 valence electrons. The van der Waals surface area contributed by atoms with Gasteiger partial charge in [0.1, 0.15) is 0 Å². The fourth-order valence-corrected chi connectivity index (χ4v) is 1.85. The molecule has 2 amide bonds. The van der Waals surface area contributed by atoms with Crippen molar-refractivity contribution in [3.05, 3.63) is 0 Å². The van der Waals surface area contributed by atoms with Gasteiger partial charge in [-0.25, -0.2) is 0 Å². The zero-order valence-electron chi connectivity index (χ0n) is 8.13. The lowest BCUT2D eigenvalue weighted by Gasteiger charge is -2.30. The van der Waals surface area contributed by atoms with Gasteiger partial charge in [0.15, 0.2) is 0 Å². The SMILES string of the molecule is CC(I)C(=O)N1C(=O)CCC1(C)C. The van der Waals surface area contributed by atoms with Gasteiger partial charge in [-0.3, -0.25) is 14.5 Å². The molecule has 0 radical (unpaired) electrons. The number of rotatable bonds is 1. The fraction of sp³-hybridized carbons (Fsp3) is 0.778. The van der Waals surface area contributed by atoms with E-state index >= 15 is 0 Å². The van der Waals surface area contributed by atoms with Crippen molar-refractivity contribution in [3.63, 3.8) is 0 Å². The summed E-state index contributed by atoms with van der Waals surface area (Å²) in [6.45, 7) is 5.69. The van der Waals surface area contributed by atoms with Gasteiger partial charge in [0.2, 0.25) is 11.8 Å². The third kappa shape index (κ3) is 2.03. The summed E-state index contributed by atoms with van der Waals surface area (Å²) in [5, 5.41) is 0. The first-order valence-corrected chi connectivity index (χ1v) is 5.62. The number of carbonyl (C=O) groups excluding carboxylic acids is 2. The van der Waals surface area contributed by atoms with Crippen molar-refractivity contribution in [2.24, 2.45) is 0 Å². The molecule has 1 unspecified atom stereocenters. The van der Waals surface area contributed by atoms with Gasteiger partial charge in [-0.1, -0.05) is 22.6 Å². The lowest BCUT2D eigenvalue weighted by atomic mass is 10.0. The minimum atomic E-state index is -0.284.